The van der Waals surface area contributed by atoms with Gasteiger partial charge in [0.05, 0.1) is 12.7 Å². The van der Waals surface area contributed by atoms with Crippen LogP contribution in [0.1, 0.15) is 17.5 Å². The lowest BCUT2D eigenvalue weighted by molar-refractivity contribution is -0.186. The highest BCUT2D eigenvalue weighted by Gasteiger charge is 2.35. The number of rotatable bonds is 7. The summed E-state index contributed by atoms with van der Waals surface area (Å²) in [7, 11) is 1.50. The molecule has 0 bridgehead atoms. The molecular weight excluding hydrogens is 353 g/mol. The lowest BCUT2D eigenvalue weighted by atomic mass is 10.1. The Hall–Kier alpha value is -2.95. The molecule has 140 valence electrons. The fraction of sp³-hybridized carbons (Fsp3) is 0.182. The van der Waals surface area contributed by atoms with Gasteiger partial charge in [-0.1, -0.05) is 24.3 Å². The number of halogens is 3. The predicted octanol–water partition coefficient (Wildman–Crippen LogP) is 6.23. The molecule has 0 spiro atoms. The molecule has 0 fully saturated rings. The molecule has 2 nitrogen and oxygen atoms in total. The Bertz CT molecular complexity index is 950. The normalized spacial score (nSPS) is 11.4. The molecule has 0 saturated carbocycles. The molecule has 3 aromatic carbocycles. The molecule has 0 aromatic heterocycles. The summed E-state index contributed by atoms with van der Waals surface area (Å²) >= 11 is 0. The minimum absolute atomic E-state index is 0.334. The van der Waals surface area contributed by atoms with Crippen molar-refractivity contribution < 1.29 is 22.6 Å². The predicted molar refractivity (Wildman–Crippen MR) is 99.9 cm³/mol. The molecule has 0 heterocycles. The van der Waals surface area contributed by atoms with E-state index >= 15 is 0 Å². The van der Waals surface area contributed by atoms with Crippen LogP contribution in [0.25, 0.3) is 10.8 Å². The highest BCUT2D eigenvalue weighted by molar-refractivity contribution is 5.85. The van der Waals surface area contributed by atoms with Gasteiger partial charge in [0.25, 0.3) is 0 Å². The third-order valence-corrected chi connectivity index (χ3v) is 4.26. The monoisotopic (exact) mass is 372 g/mol. The van der Waals surface area contributed by atoms with E-state index in [9.17, 15) is 13.2 Å². The smallest absolute Gasteiger partial charge is 0.426 e. The Kier molecular flexibility index (Phi) is 5.40. The summed E-state index contributed by atoms with van der Waals surface area (Å²) in [5, 5.41) is 1.11. The Balaban J connectivity index is 1.86. The largest absolute Gasteiger partial charge is 0.497 e. The Morgan fingerprint density at radius 2 is 1.74 bits per heavy atom. The second-order valence-corrected chi connectivity index (χ2v) is 6.14. The maximum Gasteiger partial charge on any atom is 0.426 e. The highest BCUT2D eigenvalue weighted by Crippen LogP contribution is 2.35. The molecule has 0 aliphatic heterocycles. The van der Waals surface area contributed by atoms with Crippen molar-refractivity contribution in [2.24, 2.45) is 0 Å². The topological polar surface area (TPSA) is 18.5 Å². The molecule has 0 atom stereocenters. The number of allylic oxidation sites excluding steroid dienone is 1. The summed E-state index contributed by atoms with van der Waals surface area (Å²) < 4.78 is 53.1. The van der Waals surface area contributed by atoms with Crippen LogP contribution in [0.3, 0.4) is 0 Å². The molecule has 0 aliphatic rings. The van der Waals surface area contributed by atoms with Gasteiger partial charge in [-0.05, 0) is 65.6 Å². The molecule has 0 unspecified atom stereocenters. The average Bonchev–Trinajstić information content (AvgIpc) is 2.66. The second kappa shape index (κ2) is 7.74. The van der Waals surface area contributed by atoms with Gasteiger partial charge in [-0.2, -0.15) is 8.78 Å². The van der Waals surface area contributed by atoms with E-state index in [1.807, 2.05) is 0 Å². The number of hydrogen-bond donors (Lipinski definition) is 0. The van der Waals surface area contributed by atoms with E-state index in [-0.39, 0.29) is 5.56 Å². The van der Waals surface area contributed by atoms with Gasteiger partial charge in [0, 0.05) is 0 Å². The van der Waals surface area contributed by atoms with Gasteiger partial charge in [0.1, 0.15) is 5.75 Å². The summed E-state index contributed by atoms with van der Waals surface area (Å²) in [6.45, 7) is 3.64. The lowest BCUT2D eigenvalue weighted by Crippen LogP contribution is -2.22. The quantitative estimate of drug-likeness (QED) is 0.458. The van der Waals surface area contributed by atoms with Crippen molar-refractivity contribution in [3.63, 3.8) is 0 Å². The van der Waals surface area contributed by atoms with Crippen LogP contribution in [-0.2, 0) is 12.5 Å². The SMILES string of the molecule is C=CCCc1ccc(C(F)(F)Oc2cc3ccc(OC)cc3cc2F)cc1. The first kappa shape index (κ1) is 18.8. The Labute approximate surface area is 155 Å². The number of alkyl halides is 2. The minimum Gasteiger partial charge on any atom is -0.497 e. The van der Waals surface area contributed by atoms with Gasteiger partial charge < -0.3 is 9.47 Å². The van der Waals surface area contributed by atoms with E-state index in [4.69, 9.17) is 9.47 Å². The van der Waals surface area contributed by atoms with E-state index in [0.29, 0.717) is 16.5 Å². The zero-order valence-corrected chi connectivity index (χ0v) is 14.8. The van der Waals surface area contributed by atoms with Crippen molar-refractivity contribution in [2.45, 2.75) is 19.0 Å². The van der Waals surface area contributed by atoms with Crippen molar-refractivity contribution in [3.05, 3.63) is 84.2 Å². The van der Waals surface area contributed by atoms with Gasteiger partial charge in [-0.15, -0.1) is 6.58 Å². The van der Waals surface area contributed by atoms with Crippen LogP contribution < -0.4 is 9.47 Å². The lowest BCUT2D eigenvalue weighted by Gasteiger charge is -2.19. The first-order chi connectivity index (χ1) is 12.9. The first-order valence-electron chi connectivity index (χ1n) is 8.47. The maximum absolute atomic E-state index is 14.5. The molecule has 0 N–H and O–H groups in total. The number of fused-ring (bicyclic) bond motifs is 1. The van der Waals surface area contributed by atoms with E-state index in [0.717, 1.165) is 24.5 Å². The second-order valence-electron chi connectivity index (χ2n) is 6.14. The van der Waals surface area contributed by atoms with Crippen LogP contribution in [0.4, 0.5) is 13.2 Å². The number of hydrogen-bond acceptors (Lipinski definition) is 2. The number of benzene rings is 3. The minimum atomic E-state index is -3.65. The molecule has 5 heteroatoms. The van der Waals surface area contributed by atoms with Crippen LogP contribution in [0.15, 0.2) is 67.3 Å². The molecule has 27 heavy (non-hydrogen) atoms. The van der Waals surface area contributed by atoms with Crippen molar-refractivity contribution in [1.29, 1.82) is 0 Å². The molecule has 3 aromatic rings. The third kappa shape index (κ3) is 4.25. The summed E-state index contributed by atoms with van der Waals surface area (Å²) in [5.74, 6) is -0.816. The summed E-state index contributed by atoms with van der Waals surface area (Å²) in [5.41, 5.74) is 0.583. The van der Waals surface area contributed by atoms with Gasteiger partial charge in [0.15, 0.2) is 11.6 Å². The van der Waals surface area contributed by atoms with E-state index in [2.05, 4.69) is 6.58 Å². The highest BCUT2D eigenvalue weighted by atomic mass is 19.3. The van der Waals surface area contributed by atoms with Crippen LogP contribution in [-0.4, -0.2) is 7.11 Å². The summed E-state index contributed by atoms with van der Waals surface area (Å²) in [6, 6.07) is 13.2. The van der Waals surface area contributed by atoms with Crippen LogP contribution in [0.2, 0.25) is 0 Å². The zero-order chi connectivity index (χ0) is 19.4. The Morgan fingerprint density at radius 1 is 1.00 bits per heavy atom. The summed E-state index contributed by atoms with van der Waals surface area (Å²) in [4.78, 5) is 0. The zero-order valence-electron chi connectivity index (χ0n) is 14.8. The van der Waals surface area contributed by atoms with E-state index in [1.165, 1.54) is 25.3 Å². The molecular formula is C22H19F3O2. The number of ether oxygens (including phenoxy) is 2. The molecule has 0 aliphatic carbocycles. The van der Waals surface area contributed by atoms with Crippen molar-refractivity contribution >= 4 is 10.8 Å². The van der Waals surface area contributed by atoms with Crippen LogP contribution in [0.5, 0.6) is 11.5 Å². The Morgan fingerprint density at radius 3 is 2.41 bits per heavy atom. The average molecular weight is 372 g/mol. The van der Waals surface area contributed by atoms with Gasteiger partial charge in [-0.3, -0.25) is 0 Å². The van der Waals surface area contributed by atoms with Gasteiger partial charge >= 0.3 is 6.11 Å². The standard InChI is InChI=1S/C22H19F3O2/c1-3-4-5-15-6-9-18(10-7-15)22(24,25)27-21-14-16-8-11-19(26-2)12-17(16)13-20(21)23/h3,6-14H,1,4-5H2,2H3. The first-order valence-corrected chi connectivity index (χ1v) is 8.47. The third-order valence-electron chi connectivity index (χ3n) is 4.26. The van der Waals surface area contributed by atoms with Gasteiger partial charge in [0.2, 0.25) is 0 Å². The van der Waals surface area contributed by atoms with E-state index in [1.54, 1.807) is 36.4 Å². The summed E-state index contributed by atoms with van der Waals surface area (Å²) in [6.07, 6.45) is -0.403. The molecule has 0 saturated heterocycles. The fourth-order valence-corrected chi connectivity index (χ4v) is 2.76. The molecule has 0 radical (unpaired) electrons. The van der Waals surface area contributed by atoms with Crippen molar-refractivity contribution in [1.82, 2.24) is 0 Å². The van der Waals surface area contributed by atoms with Crippen molar-refractivity contribution in [2.75, 3.05) is 7.11 Å². The molecule has 3 rings (SSSR count). The van der Waals surface area contributed by atoms with Crippen LogP contribution in [0, 0.1) is 5.82 Å². The number of aryl methyl sites for hydroxylation is 1. The molecule has 0 amide bonds. The van der Waals surface area contributed by atoms with Crippen molar-refractivity contribution in [3.8, 4) is 11.5 Å². The fourth-order valence-electron chi connectivity index (χ4n) is 2.76. The maximum atomic E-state index is 14.5. The van der Waals surface area contributed by atoms with E-state index < -0.39 is 17.7 Å². The number of methoxy groups -OCH3 is 1. The van der Waals surface area contributed by atoms with Crippen LogP contribution >= 0.6 is 0 Å². The van der Waals surface area contributed by atoms with Gasteiger partial charge in [-0.25, -0.2) is 4.39 Å².